The minimum absolute atomic E-state index is 0.259. The largest absolute Gasteiger partial charge is 0.497 e. The van der Waals surface area contributed by atoms with Gasteiger partial charge in [-0.25, -0.2) is 4.79 Å². The first-order valence-corrected chi connectivity index (χ1v) is 8.51. The number of piperidine rings is 1. The quantitative estimate of drug-likeness (QED) is 0.903. The number of hydrogen-bond acceptors (Lipinski definition) is 4. The van der Waals surface area contributed by atoms with Crippen LogP contribution in [0.25, 0.3) is 10.9 Å². The molecule has 0 atom stereocenters. The molecule has 128 valence electrons. The van der Waals surface area contributed by atoms with Crippen molar-refractivity contribution in [2.45, 2.75) is 24.9 Å². The average molecular weight is 329 g/mol. The molecule has 2 fully saturated rings. The lowest BCUT2D eigenvalue weighted by Gasteiger charge is -2.37. The van der Waals surface area contributed by atoms with Gasteiger partial charge < -0.3 is 24.7 Å². The molecule has 1 aromatic carbocycles. The number of methoxy groups -OCH3 is 1. The first kappa shape index (κ1) is 15.3. The first-order valence-electron chi connectivity index (χ1n) is 8.51. The topological polar surface area (TPSA) is 66.6 Å². The fraction of sp³-hybridized carbons (Fsp3) is 0.500. The molecule has 0 bridgehead atoms. The summed E-state index contributed by atoms with van der Waals surface area (Å²) in [6.07, 6.45) is 2.55. The maximum Gasteiger partial charge on any atom is 0.407 e. The molecule has 2 aliphatic rings. The van der Waals surface area contributed by atoms with Crippen LogP contribution in [-0.4, -0.2) is 54.9 Å². The van der Waals surface area contributed by atoms with Crippen molar-refractivity contribution in [3.63, 3.8) is 0 Å². The summed E-state index contributed by atoms with van der Waals surface area (Å²) in [6, 6.07) is 8.31. The van der Waals surface area contributed by atoms with E-state index in [1.807, 2.05) is 12.1 Å². The summed E-state index contributed by atoms with van der Waals surface area (Å²) in [6.45, 7) is 3.62. The Morgan fingerprint density at radius 3 is 2.83 bits per heavy atom. The van der Waals surface area contributed by atoms with Gasteiger partial charge >= 0.3 is 6.09 Å². The number of ether oxygens (including phenoxy) is 2. The van der Waals surface area contributed by atoms with E-state index in [1.165, 1.54) is 11.1 Å². The minimum Gasteiger partial charge on any atom is -0.497 e. The maximum absolute atomic E-state index is 11.3. The van der Waals surface area contributed by atoms with Crippen LogP contribution in [0.4, 0.5) is 4.79 Å². The van der Waals surface area contributed by atoms with Gasteiger partial charge in [0, 0.05) is 56.2 Å². The van der Waals surface area contributed by atoms with E-state index >= 15 is 0 Å². The molecule has 2 aliphatic heterocycles. The van der Waals surface area contributed by atoms with Gasteiger partial charge in [-0.3, -0.25) is 0 Å². The summed E-state index contributed by atoms with van der Waals surface area (Å²) in [5.41, 5.74) is 2.10. The molecule has 1 amide bonds. The average Bonchev–Trinajstić information content (AvgIpc) is 3.17. The van der Waals surface area contributed by atoms with Crippen molar-refractivity contribution < 1.29 is 14.3 Å². The van der Waals surface area contributed by atoms with Gasteiger partial charge in [-0.15, -0.1) is 0 Å². The highest BCUT2D eigenvalue weighted by Gasteiger charge is 2.42. The fourth-order valence-electron chi connectivity index (χ4n) is 3.67. The number of fused-ring (bicyclic) bond motifs is 1. The monoisotopic (exact) mass is 329 g/mol. The van der Waals surface area contributed by atoms with E-state index in [1.54, 1.807) is 7.11 Å². The summed E-state index contributed by atoms with van der Waals surface area (Å²) in [4.78, 5) is 17.2. The summed E-state index contributed by atoms with van der Waals surface area (Å²) in [5, 5.41) is 4.00. The second kappa shape index (κ2) is 6.02. The highest BCUT2D eigenvalue weighted by atomic mass is 16.6. The van der Waals surface area contributed by atoms with E-state index in [0.29, 0.717) is 6.54 Å². The number of benzene rings is 1. The smallest absolute Gasteiger partial charge is 0.407 e. The van der Waals surface area contributed by atoms with Gasteiger partial charge in [0.2, 0.25) is 0 Å². The fourth-order valence-corrected chi connectivity index (χ4v) is 3.67. The Bertz CT molecular complexity index is 747. The summed E-state index contributed by atoms with van der Waals surface area (Å²) in [7, 11) is 1.69. The highest BCUT2D eigenvalue weighted by molar-refractivity contribution is 5.81. The summed E-state index contributed by atoms with van der Waals surface area (Å²) in [5.74, 6) is 0.872. The first-order chi connectivity index (χ1) is 11.7. The normalized spacial score (nSPS) is 20.3. The number of likely N-dealkylation sites (tertiary alicyclic amines) is 1. The van der Waals surface area contributed by atoms with Gasteiger partial charge in [-0.05, 0) is 23.6 Å². The molecule has 3 heterocycles. The lowest BCUT2D eigenvalue weighted by molar-refractivity contribution is 0.00119. The van der Waals surface area contributed by atoms with Crippen LogP contribution in [0.2, 0.25) is 0 Å². The Labute approximate surface area is 141 Å². The number of alkyl carbamates (subject to hydrolysis) is 1. The number of carbonyl (C=O) groups is 1. The molecule has 1 aromatic heterocycles. The summed E-state index contributed by atoms with van der Waals surface area (Å²) >= 11 is 0. The second-order valence-corrected chi connectivity index (χ2v) is 6.77. The summed E-state index contributed by atoms with van der Waals surface area (Å²) < 4.78 is 10.7. The molecule has 2 N–H and O–H groups in total. The molecule has 0 radical (unpaired) electrons. The van der Waals surface area contributed by atoms with Gasteiger partial charge in [-0.1, -0.05) is 0 Å². The van der Waals surface area contributed by atoms with Crippen LogP contribution in [-0.2, 0) is 11.2 Å². The van der Waals surface area contributed by atoms with E-state index in [2.05, 4.69) is 27.3 Å². The number of nitrogens with one attached hydrogen (secondary N) is 2. The van der Waals surface area contributed by atoms with Crippen LogP contribution in [0, 0.1) is 0 Å². The number of hydrogen-bond donors (Lipinski definition) is 2. The standard InChI is InChI=1S/C18H23N3O3/c1-23-15-3-2-13-10-14(20-16(13)11-15)4-7-21-8-5-18(6-9-21)12-19-17(22)24-18/h2-3,10-11,20H,4-9,12H2,1H3,(H,19,22). The Kier molecular flexibility index (Phi) is 3.84. The minimum atomic E-state index is -0.267. The van der Waals surface area contributed by atoms with Crippen LogP contribution in [0.1, 0.15) is 18.5 Å². The van der Waals surface area contributed by atoms with Crippen molar-refractivity contribution in [3.8, 4) is 5.75 Å². The number of aromatic nitrogens is 1. The van der Waals surface area contributed by atoms with Crippen molar-refractivity contribution in [2.24, 2.45) is 0 Å². The van der Waals surface area contributed by atoms with E-state index in [0.717, 1.165) is 50.2 Å². The van der Waals surface area contributed by atoms with Crippen molar-refractivity contribution >= 4 is 17.0 Å². The van der Waals surface area contributed by atoms with E-state index in [9.17, 15) is 4.79 Å². The molecule has 1 spiro atoms. The van der Waals surface area contributed by atoms with E-state index < -0.39 is 0 Å². The number of rotatable bonds is 4. The molecule has 2 saturated heterocycles. The molecule has 6 nitrogen and oxygen atoms in total. The molecular formula is C18H23N3O3. The molecular weight excluding hydrogens is 306 g/mol. The molecule has 0 aliphatic carbocycles. The third-order valence-corrected chi connectivity index (χ3v) is 5.21. The number of H-pyrrole nitrogens is 1. The SMILES string of the molecule is COc1ccc2cc(CCN3CCC4(CC3)CNC(=O)O4)[nH]c2c1. The zero-order chi connectivity index (χ0) is 16.6. The van der Waals surface area contributed by atoms with Gasteiger partial charge in [0.15, 0.2) is 0 Å². The van der Waals surface area contributed by atoms with E-state index in [-0.39, 0.29) is 11.7 Å². The van der Waals surface area contributed by atoms with E-state index in [4.69, 9.17) is 9.47 Å². The Balaban J connectivity index is 1.33. The third kappa shape index (κ3) is 2.94. The third-order valence-electron chi connectivity index (χ3n) is 5.21. The van der Waals surface area contributed by atoms with Crippen LogP contribution in [0.5, 0.6) is 5.75 Å². The van der Waals surface area contributed by atoms with Crippen LogP contribution in [0.15, 0.2) is 24.3 Å². The molecule has 2 aromatic rings. The predicted octanol–water partition coefficient (Wildman–Crippen LogP) is 2.29. The number of carbonyl (C=O) groups excluding carboxylic acids is 1. The van der Waals surface area contributed by atoms with Crippen LogP contribution >= 0.6 is 0 Å². The van der Waals surface area contributed by atoms with Crippen molar-refractivity contribution in [1.29, 1.82) is 0 Å². The van der Waals surface area contributed by atoms with Gasteiger partial charge in [0.1, 0.15) is 11.4 Å². The Morgan fingerprint density at radius 1 is 1.29 bits per heavy atom. The number of nitrogens with zero attached hydrogens (tertiary/aromatic N) is 1. The van der Waals surface area contributed by atoms with Gasteiger partial charge in [-0.2, -0.15) is 0 Å². The van der Waals surface area contributed by atoms with Crippen molar-refractivity contribution in [1.82, 2.24) is 15.2 Å². The van der Waals surface area contributed by atoms with Crippen molar-refractivity contribution in [2.75, 3.05) is 33.3 Å². The molecule has 0 saturated carbocycles. The van der Waals surface area contributed by atoms with Gasteiger partial charge in [0.25, 0.3) is 0 Å². The molecule has 6 heteroatoms. The van der Waals surface area contributed by atoms with Crippen LogP contribution in [0.3, 0.4) is 0 Å². The Hall–Kier alpha value is -2.21. The zero-order valence-corrected chi connectivity index (χ0v) is 13.9. The lowest BCUT2D eigenvalue weighted by atomic mass is 9.91. The number of amides is 1. The highest BCUT2D eigenvalue weighted by Crippen LogP contribution is 2.29. The zero-order valence-electron chi connectivity index (χ0n) is 13.9. The molecule has 24 heavy (non-hydrogen) atoms. The number of aromatic amines is 1. The lowest BCUT2D eigenvalue weighted by Crippen LogP contribution is -2.47. The predicted molar refractivity (Wildman–Crippen MR) is 91.4 cm³/mol. The van der Waals surface area contributed by atoms with Gasteiger partial charge in [0.05, 0.1) is 13.7 Å². The van der Waals surface area contributed by atoms with Crippen LogP contribution < -0.4 is 10.1 Å². The second-order valence-electron chi connectivity index (χ2n) is 6.77. The molecule has 4 rings (SSSR count). The van der Waals surface area contributed by atoms with Crippen molar-refractivity contribution in [3.05, 3.63) is 30.0 Å². The molecule has 0 unspecified atom stereocenters. The Morgan fingerprint density at radius 2 is 2.12 bits per heavy atom. The maximum atomic E-state index is 11.3.